The summed E-state index contributed by atoms with van der Waals surface area (Å²) in [6.07, 6.45) is 6.89. The fourth-order valence-corrected chi connectivity index (χ4v) is 1.81. The van der Waals surface area contributed by atoms with E-state index in [9.17, 15) is 4.79 Å². The van der Waals surface area contributed by atoms with Crippen LogP contribution >= 0.6 is 0 Å². The summed E-state index contributed by atoms with van der Waals surface area (Å²) in [5, 5.41) is 3.17. The number of anilines is 1. The highest BCUT2D eigenvalue weighted by Gasteiger charge is 2.11. The van der Waals surface area contributed by atoms with Crippen LogP contribution in [-0.4, -0.2) is 18.0 Å². The van der Waals surface area contributed by atoms with E-state index in [0.29, 0.717) is 12.2 Å². The first-order valence-corrected chi connectivity index (χ1v) is 6.27. The van der Waals surface area contributed by atoms with Crippen LogP contribution in [0.1, 0.15) is 21.5 Å². The quantitative estimate of drug-likeness (QED) is 0.819. The van der Waals surface area contributed by atoms with Crippen molar-refractivity contribution in [2.24, 2.45) is 5.73 Å². The number of terminal acetylenes is 1. The first-order chi connectivity index (χ1) is 10.1. The molecule has 5 heteroatoms. The van der Waals surface area contributed by atoms with Crippen LogP contribution in [-0.2, 0) is 6.54 Å². The van der Waals surface area contributed by atoms with Crippen LogP contribution in [0.25, 0.3) is 0 Å². The Bertz CT molecular complexity index is 688. The molecule has 0 radical (unpaired) electrons. The van der Waals surface area contributed by atoms with E-state index >= 15 is 0 Å². The summed E-state index contributed by atoms with van der Waals surface area (Å²) >= 11 is 0. The summed E-state index contributed by atoms with van der Waals surface area (Å²) in [5.41, 5.74) is 8.11. The topological polar surface area (TPSA) is 77.2 Å². The van der Waals surface area contributed by atoms with Crippen molar-refractivity contribution in [1.29, 1.82) is 0 Å². The number of ether oxygens (including phenoxy) is 1. The summed E-state index contributed by atoms with van der Waals surface area (Å²) in [7, 11) is 1.44. The third-order valence-corrected chi connectivity index (χ3v) is 2.93. The fourth-order valence-electron chi connectivity index (χ4n) is 1.81. The van der Waals surface area contributed by atoms with Gasteiger partial charge >= 0.3 is 0 Å². The molecule has 1 aromatic heterocycles. The van der Waals surface area contributed by atoms with E-state index in [4.69, 9.17) is 16.9 Å². The monoisotopic (exact) mass is 281 g/mol. The van der Waals surface area contributed by atoms with Crippen LogP contribution in [0.4, 0.5) is 5.69 Å². The van der Waals surface area contributed by atoms with E-state index in [1.165, 1.54) is 7.11 Å². The number of carbonyl (C=O) groups excluding carboxylic acids is 1. The van der Waals surface area contributed by atoms with Gasteiger partial charge in [-0.2, -0.15) is 0 Å². The smallest absolute Gasteiger partial charge is 0.254 e. The first-order valence-electron chi connectivity index (χ1n) is 6.27. The van der Waals surface area contributed by atoms with Crippen LogP contribution in [0.5, 0.6) is 5.88 Å². The molecule has 0 saturated carbocycles. The first kappa shape index (κ1) is 14.4. The maximum absolute atomic E-state index is 11.3. The predicted molar refractivity (Wildman–Crippen MR) is 81.0 cm³/mol. The molecule has 0 saturated heterocycles. The highest BCUT2D eigenvalue weighted by Crippen LogP contribution is 2.19. The average Bonchev–Trinajstić information content (AvgIpc) is 2.53. The summed E-state index contributed by atoms with van der Waals surface area (Å²) in [5.74, 6) is 2.20. The van der Waals surface area contributed by atoms with Gasteiger partial charge in [-0.3, -0.25) is 4.79 Å². The molecule has 1 amide bonds. The van der Waals surface area contributed by atoms with Gasteiger partial charge in [0.1, 0.15) is 5.56 Å². The Balaban J connectivity index is 2.11. The number of rotatable bonds is 5. The van der Waals surface area contributed by atoms with Gasteiger partial charge < -0.3 is 15.8 Å². The van der Waals surface area contributed by atoms with Gasteiger partial charge in [0.15, 0.2) is 0 Å². The summed E-state index contributed by atoms with van der Waals surface area (Å²) < 4.78 is 4.99. The number of aromatic nitrogens is 1. The maximum Gasteiger partial charge on any atom is 0.254 e. The molecule has 3 N–H and O–H groups in total. The van der Waals surface area contributed by atoms with E-state index < -0.39 is 5.91 Å². The zero-order valence-corrected chi connectivity index (χ0v) is 11.6. The second-order valence-corrected chi connectivity index (χ2v) is 4.34. The molecule has 2 rings (SSSR count). The second-order valence-electron chi connectivity index (χ2n) is 4.34. The zero-order valence-electron chi connectivity index (χ0n) is 11.6. The van der Waals surface area contributed by atoms with E-state index in [2.05, 4.69) is 16.2 Å². The van der Waals surface area contributed by atoms with Crippen LogP contribution < -0.4 is 15.8 Å². The number of nitrogens with zero attached hydrogens (tertiary/aromatic N) is 1. The third kappa shape index (κ3) is 3.51. The van der Waals surface area contributed by atoms with Crippen LogP contribution in [0.15, 0.2) is 36.5 Å². The normalized spacial score (nSPS) is 9.71. The Morgan fingerprint density at radius 1 is 1.43 bits per heavy atom. The molecular weight excluding hydrogens is 266 g/mol. The lowest BCUT2D eigenvalue weighted by atomic mass is 10.1. The van der Waals surface area contributed by atoms with Gasteiger partial charge in [-0.25, -0.2) is 4.98 Å². The van der Waals surface area contributed by atoms with Gasteiger partial charge in [-0.15, -0.1) is 6.42 Å². The highest BCUT2D eigenvalue weighted by molar-refractivity contribution is 5.95. The Morgan fingerprint density at radius 3 is 2.71 bits per heavy atom. The van der Waals surface area contributed by atoms with Crippen molar-refractivity contribution >= 4 is 11.6 Å². The molecule has 0 aliphatic rings. The number of amides is 1. The van der Waals surface area contributed by atoms with Crippen LogP contribution in [0.3, 0.4) is 0 Å². The molecule has 2 aromatic rings. The van der Waals surface area contributed by atoms with Crippen molar-refractivity contribution in [2.45, 2.75) is 6.54 Å². The van der Waals surface area contributed by atoms with Crippen molar-refractivity contribution in [3.8, 4) is 18.2 Å². The van der Waals surface area contributed by atoms with Gasteiger partial charge in [-0.1, -0.05) is 18.1 Å². The largest absolute Gasteiger partial charge is 0.480 e. The number of hydrogen-bond acceptors (Lipinski definition) is 4. The molecule has 106 valence electrons. The van der Waals surface area contributed by atoms with Gasteiger partial charge in [0, 0.05) is 12.1 Å². The number of methoxy groups -OCH3 is 1. The number of hydrogen-bond donors (Lipinski definition) is 2. The number of benzene rings is 1. The van der Waals surface area contributed by atoms with E-state index in [1.54, 1.807) is 12.3 Å². The van der Waals surface area contributed by atoms with Crippen molar-refractivity contribution in [3.63, 3.8) is 0 Å². The molecule has 0 fully saturated rings. The van der Waals surface area contributed by atoms with Crippen molar-refractivity contribution in [2.75, 3.05) is 12.4 Å². The molecule has 0 spiro atoms. The Morgan fingerprint density at radius 2 is 2.14 bits per heavy atom. The zero-order chi connectivity index (χ0) is 15.2. The molecule has 0 aliphatic heterocycles. The molecule has 0 aliphatic carbocycles. The molecule has 0 atom stereocenters. The molecular formula is C16H15N3O2. The highest BCUT2D eigenvalue weighted by atomic mass is 16.5. The van der Waals surface area contributed by atoms with Crippen molar-refractivity contribution < 1.29 is 9.53 Å². The van der Waals surface area contributed by atoms with E-state index in [1.807, 2.05) is 24.3 Å². The SMILES string of the molecule is C#Cc1ccc(CNc2cnc(OC)c(C(N)=O)c2)cc1. The van der Waals surface area contributed by atoms with Crippen LogP contribution in [0, 0.1) is 12.3 Å². The maximum atomic E-state index is 11.3. The molecule has 1 heterocycles. The Hall–Kier alpha value is -3.00. The summed E-state index contributed by atoms with van der Waals surface area (Å²) in [4.78, 5) is 15.4. The number of primary amides is 1. The minimum absolute atomic E-state index is 0.214. The van der Waals surface area contributed by atoms with Gasteiger partial charge in [0.05, 0.1) is 19.0 Å². The average molecular weight is 281 g/mol. The summed E-state index contributed by atoms with van der Waals surface area (Å²) in [6.45, 7) is 0.580. The molecule has 21 heavy (non-hydrogen) atoms. The van der Waals surface area contributed by atoms with E-state index in [0.717, 1.165) is 11.1 Å². The Kier molecular flexibility index (Phi) is 4.42. The standard InChI is InChI=1S/C16H15N3O2/c1-3-11-4-6-12(7-5-11)9-18-13-8-14(15(17)20)16(21-2)19-10-13/h1,4-8,10,18H,9H2,2H3,(H2,17,20). The van der Waals surface area contributed by atoms with Gasteiger partial charge in [0.2, 0.25) is 5.88 Å². The van der Waals surface area contributed by atoms with Crippen molar-refractivity contribution in [3.05, 3.63) is 53.2 Å². The summed E-state index contributed by atoms with van der Waals surface area (Å²) in [6, 6.07) is 9.24. The Labute approximate surface area is 123 Å². The molecule has 0 bridgehead atoms. The second kappa shape index (κ2) is 6.44. The number of nitrogens with two attached hydrogens (primary N) is 1. The predicted octanol–water partition coefficient (Wildman–Crippen LogP) is 1.78. The lowest BCUT2D eigenvalue weighted by molar-refractivity contribution is 0.0996. The third-order valence-electron chi connectivity index (χ3n) is 2.93. The van der Waals surface area contributed by atoms with Gasteiger partial charge in [0.25, 0.3) is 5.91 Å². The van der Waals surface area contributed by atoms with E-state index in [-0.39, 0.29) is 11.4 Å². The fraction of sp³-hybridized carbons (Fsp3) is 0.125. The number of pyridine rings is 1. The van der Waals surface area contributed by atoms with Gasteiger partial charge in [-0.05, 0) is 23.8 Å². The molecule has 1 aromatic carbocycles. The molecule has 5 nitrogen and oxygen atoms in total. The van der Waals surface area contributed by atoms with Crippen LogP contribution in [0.2, 0.25) is 0 Å². The van der Waals surface area contributed by atoms with Crippen molar-refractivity contribution in [1.82, 2.24) is 4.98 Å². The number of carbonyl (C=O) groups is 1. The molecule has 0 unspecified atom stereocenters. The number of nitrogens with one attached hydrogen (secondary N) is 1. The minimum Gasteiger partial charge on any atom is -0.480 e. The lowest BCUT2D eigenvalue weighted by Crippen LogP contribution is -2.14. The lowest BCUT2D eigenvalue weighted by Gasteiger charge is -2.09. The minimum atomic E-state index is -0.582.